The van der Waals surface area contributed by atoms with E-state index in [-0.39, 0.29) is 28.9 Å². The van der Waals surface area contributed by atoms with Crippen LogP contribution in [0.1, 0.15) is 81.0 Å². The summed E-state index contributed by atoms with van der Waals surface area (Å²) in [5, 5.41) is 6.23. The lowest BCUT2D eigenvalue weighted by atomic mass is 9.82. The number of piperidine rings is 2. The predicted octanol–water partition coefficient (Wildman–Crippen LogP) is 4.62. The van der Waals surface area contributed by atoms with Gasteiger partial charge in [-0.25, -0.2) is 9.37 Å². The van der Waals surface area contributed by atoms with Crippen LogP contribution in [0.5, 0.6) is 5.75 Å². The molecule has 2 bridgehead atoms. The van der Waals surface area contributed by atoms with Crippen molar-refractivity contribution < 1.29 is 18.7 Å². The van der Waals surface area contributed by atoms with Crippen molar-refractivity contribution in [3.05, 3.63) is 29.7 Å². The normalized spacial score (nSPS) is 26.7. The molecule has 2 N–H and O–H groups in total. The van der Waals surface area contributed by atoms with Crippen LogP contribution in [0, 0.1) is 11.2 Å². The monoisotopic (exact) mass is 591 g/mol. The predicted molar refractivity (Wildman–Crippen MR) is 163 cm³/mol. The lowest BCUT2D eigenvalue weighted by Gasteiger charge is -2.47. The molecule has 5 aliphatic rings. The minimum absolute atomic E-state index is 0.0257. The van der Waals surface area contributed by atoms with Gasteiger partial charge >= 0.3 is 0 Å². The van der Waals surface area contributed by atoms with Gasteiger partial charge in [-0.3, -0.25) is 9.59 Å². The first-order valence-electron chi connectivity index (χ1n) is 15.9. The first-order chi connectivity index (χ1) is 20.8. The van der Waals surface area contributed by atoms with E-state index in [1.54, 1.807) is 18.1 Å². The lowest BCUT2D eigenvalue weighted by Crippen LogP contribution is -2.55. The number of aromatic nitrogens is 2. The van der Waals surface area contributed by atoms with Crippen LogP contribution in [0.4, 0.5) is 27.5 Å². The summed E-state index contributed by atoms with van der Waals surface area (Å²) in [6.07, 6.45) is 13.2. The minimum atomic E-state index is -0.641. The first-order valence-corrected chi connectivity index (χ1v) is 15.9. The summed E-state index contributed by atoms with van der Waals surface area (Å²) in [7, 11) is 5.47. The summed E-state index contributed by atoms with van der Waals surface area (Å²) >= 11 is 0. The number of carbonyl (C=O) groups excluding carboxylic acids is 2. The zero-order valence-electron chi connectivity index (χ0n) is 25.4. The van der Waals surface area contributed by atoms with Crippen molar-refractivity contribution in [2.45, 2.75) is 94.8 Å². The number of halogens is 1. The van der Waals surface area contributed by atoms with Crippen LogP contribution in [0.3, 0.4) is 0 Å². The largest absolute Gasteiger partial charge is 0.495 e. The zero-order valence-corrected chi connectivity index (χ0v) is 25.4. The molecular formula is C32H42FN7O3. The Bertz CT molecular complexity index is 1410. The van der Waals surface area contributed by atoms with Gasteiger partial charge in [0, 0.05) is 43.8 Å². The molecule has 2 atom stereocenters. The molecule has 2 unspecified atom stereocenters. The Morgan fingerprint density at radius 3 is 2.42 bits per heavy atom. The Morgan fingerprint density at radius 2 is 1.74 bits per heavy atom. The highest BCUT2D eigenvalue weighted by molar-refractivity contribution is 6.03. The van der Waals surface area contributed by atoms with Crippen LogP contribution in [0.2, 0.25) is 0 Å². The maximum absolute atomic E-state index is 15.5. The summed E-state index contributed by atoms with van der Waals surface area (Å²) in [4.78, 5) is 42.5. The fraction of sp³-hybridized carbons (Fsp3) is 0.625. The van der Waals surface area contributed by atoms with Crippen molar-refractivity contribution >= 4 is 35.0 Å². The van der Waals surface area contributed by atoms with E-state index in [2.05, 4.69) is 32.5 Å². The fourth-order valence-electron chi connectivity index (χ4n) is 7.96. The molecule has 1 aromatic carbocycles. The number of anilines is 4. The minimum Gasteiger partial charge on any atom is -0.495 e. The van der Waals surface area contributed by atoms with Crippen molar-refractivity contribution in [1.82, 2.24) is 20.2 Å². The molecular weight excluding hydrogens is 549 g/mol. The van der Waals surface area contributed by atoms with Gasteiger partial charge in [0.15, 0.2) is 5.82 Å². The number of rotatable bonds is 6. The SMILES string of the molecule is COc1cc(C(=O)NC2CC3CCCC(C2)N3C)c(F)cc1Nc1ncc2c(n1)N(C1CCCC1)CC1(CC1)C(=O)N2C. The summed E-state index contributed by atoms with van der Waals surface area (Å²) in [5.74, 6) is 0.383. The average molecular weight is 592 g/mol. The maximum atomic E-state index is 15.5. The highest BCUT2D eigenvalue weighted by atomic mass is 19.1. The van der Waals surface area contributed by atoms with Gasteiger partial charge in [0.1, 0.15) is 17.3 Å². The molecule has 2 aliphatic carbocycles. The number of amides is 2. The van der Waals surface area contributed by atoms with Crippen LogP contribution in [0.25, 0.3) is 0 Å². The topological polar surface area (TPSA) is 103 Å². The Labute approximate surface area is 252 Å². The molecule has 4 heterocycles. The van der Waals surface area contributed by atoms with Gasteiger partial charge in [-0.15, -0.1) is 0 Å². The van der Waals surface area contributed by atoms with Gasteiger partial charge in [0.25, 0.3) is 5.91 Å². The Balaban J connectivity index is 1.13. The van der Waals surface area contributed by atoms with E-state index >= 15 is 4.39 Å². The van der Waals surface area contributed by atoms with Gasteiger partial charge in [0.05, 0.1) is 30.0 Å². The van der Waals surface area contributed by atoms with E-state index in [1.165, 1.54) is 38.5 Å². The van der Waals surface area contributed by atoms with Gasteiger partial charge in [0.2, 0.25) is 11.9 Å². The molecule has 2 amide bonds. The molecule has 7 rings (SSSR count). The Hall–Kier alpha value is -3.47. The number of hydrogen-bond acceptors (Lipinski definition) is 8. The molecule has 2 saturated heterocycles. The van der Waals surface area contributed by atoms with Crippen LogP contribution in [0.15, 0.2) is 18.3 Å². The number of ether oxygens (including phenoxy) is 1. The molecule has 1 aromatic heterocycles. The molecule has 43 heavy (non-hydrogen) atoms. The molecule has 10 nitrogen and oxygen atoms in total. The van der Waals surface area contributed by atoms with Crippen LogP contribution in [-0.2, 0) is 4.79 Å². The highest BCUT2D eigenvalue weighted by Crippen LogP contribution is 2.52. The second-order valence-corrected chi connectivity index (χ2v) is 13.3. The van der Waals surface area contributed by atoms with Crippen LogP contribution >= 0.6 is 0 Å². The van der Waals surface area contributed by atoms with E-state index in [1.807, 2.05) is 0 Å². The second-order valence-electron chi connectivity index (χ2n) is 13.3. The molecule has 2 saturated carbocycles. The number of nitrogens with zero attached hydrogens (tertiary/aromatic N) is 5. The van der Waals surface area contributed by atoms with Crippen molar-refractivity contribution in [2.24, 2.45) is 5.41 Å². The molecule has 2 aromatic rings. The van der Waals surface area contributed by atoms with Gasteiger partial charge in [-0.1, -0.05) is 19.3 Å². The summed E-state index contributed by atoms with van der Waals surface area (Å²) in [5.41, 5.74) is 0.626. The van der Waals surface area contributed by atoms with E-state index in [0.29, 0.717) is 41.8 Å². The molecule has 1 spiro atoms. The lowest BCUT2D eigenvalue weighted by molar-refractivity contribution is -0.122. The number of carbonyl (C=O) groups is 2. The number of nitrogens with one attached hydrogen (secondary N) is 2. The third kappa shape index (κ3) is 5.09. The molecule has 3 aliphatic heterocycles. The first kappa shape index (κ1) is 28.3. The van der Waals surface area contributed by atoms with E-state index in [9.17, 15) is 9.59 Å². The number of methoxy groups -OCH3 is 1. The standard InChI is InChI=1S/C32H42FN7O3/c1-38-21-9-6-10-22(38)14-19(13-21)35-29(41)23-15-27(43-3)25(16-24(23)33)36-31-34-17-26-28(37-31)40(20-7-4-5-8-20)18-32(11-12-32)30(42)39(26)2/h15-17,19-22H,4-14,18H2,1-3H3,(H,35,41)(H,34,36,37). The summed E-state index contributed by atoms with van der Waals surface area (Å²) in [6.45, 7) is 0.658. The van der Waals surface area contributed by atoms with E-state index in [0.717, 1.165) is 57.2 Å². The summed E-state index contributed by atoms with van der Waals surface area (Å²) in [6, 6.07) is 3.99. The van der Waals surface area contributed by atoms with Gasteiger partial charge in [-0.05, 0) is 64.5 Å². The molecule has 0 radical (unpaired) electrons. The number of fused-ring (bicyclic) bond motifs is 3. The maximum Gasteiger partial charge on any atom is 0.254 e. The van der Waals surface area contributed by atoms with Crippen LogP contribution < -0.4 is 25.2 Å². The van der Waals surface area contributed by atoms with Crippen molar-refractivity contribution in [3.8, 4) is 5.75 Å². The zero-order chi connectivity index (χ0) is 29.9. The smallest absolute Gasteiger partial charge is 0.254 e. The highest BCUT2D eigenvalue weighted by Gasteiger charge is 2.55. The van der Waals surface area contributed by atoms with Crippen molar-refractivity contribution in [2.75, 3.05) is 42.9 Å². The fourth-order valence-corrected chi connectivity index (χ4v) is 7.96. The van der Waals surface area contributed by atoms with E-state index < -0.39 is 11.7 Å². The third-order valence-corrected chi connectivity index (χ3v) is 10.7. The number of benzene rings is 1. The van der Waals surface area contributed by atoms with Crippen molar-refractivity contribution in [3.63, 3.8) is 0 Å². The van der Waals surface area contributed by atoms with Crippen LogP contribution in [-0.4, -0.2) is 78.6 Å². The number of hydrogen-bond donors (Lipinski definition) is 2. The Morgan fingerprint density at radius 1 is 1.05 bits per heavy atom. The molecule has 11 heteroatoms. The molecule has 230 valence electrons. The average Bonchev–Trinajstić information content (AvgIpc) is 3.59. The van der Waals surface area contributed by atoms with Gasteiger partial charge < -0.3 is 30.1 Å². The van der Waals surface area contributed by atoms with Crippen molar-refractivity contribution in [1.29, 1.82) is 0 Å². The summed E-state index contributed by atoms with van der Waals surface area (Å²) < 4.78 is 21.1. The van der Waals surface area contributed by atoms with E-state index in [4.69, 9.17) is 9.72 Å². The van der Waals surface area contributed by atoms with Gasteiger partial charge in [-0.2, -0.15) is 4.98 Å². The molecule has 4 fully saturated rings. The quantitative estimate of drug-likeness (QED) is 0.502. The third-order valence-electron chi connectivity index (χ3n) is 10.7. The Kier molecular flexibility index (Phi) is 7.18. The second kappa shape index (κ2) is 10.9.